The van der Waals surface area contributed by atoms with E-state index in [1.165, 1.54) is 0 Å². The first-order valence-corrected chi connectivity index (χ1v) is 6.83. The number of nitrogens with one attached hydrogen (secondary N) is 1. The van der Waals surface area contributed by atoms with Crippen LogP contribution in [0.4, 0.5) is 0 Å². The second-order valence-electron chi connectivity index (χ2n) is 5.20. The summed E-state index contributed by atoms with van der Waals surface area (Å²) in [6, 6.07) is 3.64. The second-order valence-corrected chi connectivity index (χ2v) is 5.20. The Morgan fingerprint density at radius 2 is 2.25 bits per heavy atom. The number of aryl methyl sites for hydroxylation is 1. The average Bonchev–Trinajstić information content (AvgIpc) is 3.02. The summed E-state index contributed by atoms with van der Waals surface area (Å²) in [7, 11) is 0. The highest BCUT2D eigenvalue weighted by Crippen LogP contribution is 2.26. The Kier molecular flexibility index (Phi) is 3.95. The van der Waals surface area contributed by atoms with Gasteiger partial charge in [-0.3, -0.25) is 9.78 Å². The van der Waals surface area contributed by atoms with Crippen molar-refractivity contribution in [2.24, 2.45) is 0 Å². The first-order chi connectivity index (χ1) is 9.74. The smallest absolute Gasteiger partial charge is 0.220 e. The van der Waals surface area contributed by atoms with Crippen LogP contribution >= 0.6 is 0 Å². The van der Waals surface area contributed by atoms with Crippen LogP contribution in [0.2, 0.25) is 0 Å². The van der Waals surface area contributed by atoms with Gasteiger partial charge in [0.05, 0.1) is 19.3 Å². The molecule has 3 heterocycles. The highest BCUT2D eigenvalue weighted by atomic mass is 16.6. The topological polar surface area (TPSA) is 80.7 Å². The van der Waals surface area contributed by atoms with Crippen LogP contribution in [0.1, 0.15) is 12.0 Å². The standard InChI is InChI=1S/C14H18N2O4/c17-11-8-20-13-10(7-19-14(11)13)16-12(18)4-3-9-2-1-5-15-6-9/h1-2,5-6,10-11,13-14,17H,3-4,7-8H2,(H,16,18)/t10-,11-,13-,14-/m1/s1. The van der Waals surface area contributed by atoms with E-state index in [-0.39, 0.29) is 30.8 Å². The molecule has 2 saturated heterocycles. The number of aliphatic hydroxyl groups excluding tert-OH is 1. The quantitative estimate of drug-likeness (QED) is 0.787. The largest absolute Gasteiger partial charge is 0.388 e. The number of nitrogens with zero attached hydrogens (tertiary/aromatic N) is 1. The maximum absolute atomic E-state index is 11.9. The van der Waals surface area contributed by atoms with Crippen molar-refractivity contribution in [1.82, 2.24) is 10.3 Å². The van der Waals surface area contributed by atoms with Gasteiger partial charge >= 0.3 is 0 Å². The van der Waals surface area contributed by atoms with Gasteiger partial charge in [-0.1, -0.05) is 6.07 Å². The van der Waals surface area contributed by atoms with E-state index in [4.69, 9.17) is 9.47 Å². The Hall–Kier alpha value is -1.50. The van der Waals surface area contributed by atoms with Gasteiger partial charge in [0, 0.05) is 18.8 Å². The summed E-state index contributed by atoms with van der Waals surface area (Å²) in [5.41, 5.74) is 1.04. The summed E-state index contributed by atoms with van der Waals surface area (Å²) in [5.74, 6) is -0.0342. The van der Waals surface area contributed by atoms with Crippen molar-refractivity contribution >= 4 is 5.91 Å². The van der Waals surface area contributed by atoms with Crippen molar-refractivity contribution in [1.29, 1.82) is 0 Å². The van der Waals surface area contributed by atoms with Gasteiger partial charge in [-0.25, -0.2) is 0 Å². The molecule has 0 aromatic carbocycles. The summed E-state index contributed by atoms with van der Waals surface area (Å²) < 4.78 is 10.9. The lowest BCUT2D eigenvalue weighted by molar-refractivity contribution is -0.122. The Morgan fingerprint density at radius 3 is 3.05 bits per heavy atom. The molecule has 2 aliphatic rings. The lowest BCUT2D eigenvalue weighted by atomic mass is 10.1. The van der Waals surface area contributed by atoms with Gasteiger partial charge in [0.1, 0.15) is 18.3 Å². The molecule has 0 radical (unpaired) electrons. The molecule has 6 nitrogen and oxygen atoms in total. The number of pyridine rings is 1. The normalized spacial score (nSPS) is 32.0. The molecular formula is C14H18N2O4. The number of amides is 1. The number of hydrogen-bond acceptors (Lipinski definition) is 5. The van der Waals surface area contributed by atoms with Crippen LogP contribution in [0.5, 0.6) is 0 Å². The maximum atomic E-state index is 11.9. The third kappa shape index (κ3) is 2.82. The molecule has 0 spiro atoms. The highest BCUT2D eigenvalue weighted by molar-refractivity contribution is 5.76. The summed E-state index contributed by atoms with van der Waals surface area (Å²) in [6.45, 7) is 0.669. The van der Waals surface area contributed by atoms with E-state index in [0.29, 0.717) is 19.4 Å². The van der Waals surface area contributed by atoms with E-state index in [0.717, 1.165) is 5.56 Å². The molecule has 0 aliphatic carbocycles. The fourth-order valence-corrected chi connectivity index (χ4v) is 2.69. The zero-order valence-electron chi connectivity index (χ0n) is 11.1. The Morgan fingerprint density at radius 1 is 1.40 bits per heavy atom. The fraction of sp³-hybridized carbons (Fsp3) is 0.571. The van der Waals surface area contributed by atoms with Crippen molar-refractivity contribution in [2.45, 2.75) is 37.2 Å². The van der Waals surface area contributed by atoms with E-state index in [9.17, 15) is 9.90 Å². The minimum atomic E-state index is -0.586. The van der Waals surface area contributed by atoms with Crippen LogP contribution in [-0.2, 0) is 20.7 Å². The number of fused-ring (bicyclic) bond motifs is 1. The summed E-state index contributed by atoms with van der Waals surface area (Å²) in [6.07, 6.45) is 3.41. The molecule has 4 atom stereocenters. The minimum absolute atomic E-state index is 0.0342. The van der Waals surface area contributed by atoms with Crippen molar-refractivity contribution in [3.8, 4) is 0 Å². The molecule has 1 aromatic rings. The van der Waals surface area contributed by atoms with Crippen molar-refractivity contribution in [3.05, 3.63) is 30.1 Å². The number of carbonyl (C=O) groups excluding carboxylic acids is 1. The van der Waals surface area contributed by atoms with Gasteiger partial charge in [-0.15, -0.1) is 0 Å². The fourth-order valence-electron chi connectivity index (χ4n) is 2.69. The lowest BCUT2D eigenvalue weighted by Crippen LogP contribution is -2.44. The number of carbonyl (C=O) groups is 1. The number of aliphatic hydroxyl groups is 1. The predicted molar refractivity (Wildman–Crippen MR) is 70.0 cm³/mol. The van der Waals surface area contributed by atoms with E-state index < -0.39 is 6.10 Å². The Balaban J connectivity index is 1.48. The third-order valence-electron chi connectivity index (χ3n) is 3.74. The summed E-state index contributed by atoms with van der Waals surface area (Å²) >= 11 is 0. The Labute approximate surface area is 117 Å². The number of ether oxygens (including phenoxy) is 2. The Bertz CT molecular complexity index is 468. The monoisotopic (exact) mass is 278 g/mol. The molecule has 6 heteroatoms. The van der Waals surface area contributed by atoms with Gasteiger partial charge in [0.2, 0.25) is 5.91 Å². The summed E-state index contributed by atoms with van der Waals surface area (Å²) in [4.78, 5) is 16.0. The SMILES string of the molecule is O=C(CCc1cccnc1)N[C@@H]1CO[C@H]2[C@@H]1OC[C@H]2O. The zero-order valence-corrected chi connectivity index (χ0v) is 11.1. The van der Waals surface area contributed by atoms with E-state index >= 15 is 0 Å². The highest BCUT2D eigenvalue weighted by Gasteiger charge is 2.47. The first-order valence-electron chi connectivity index (χ1n) is 6.83. The van der Waals surface area contributed by atoms with Crippen molar-refractivity contribution < 1.29 is 19.4 Å². The average molecular weight is 278 g/mol. The lowest BCUT2D eigenvalue weighted by Gasteiger charge is -2.17. The van der Waals surface area contributed by atoms with Crippen LogP contribution in [-0.4, -0.2) is 53.6 Å². The molecule has 2 fully saturated rings. The molecule has 2 aliphatic heterocycles. The molecule has 108 valence electrons. The number of aromatic nitrogens is 1. The second kappa shape index (κ2) is 5.87. The molecule has 1 amide bonds. The molecule has 0 bridgehead atoms. The van der Waals surface area contributed by atoms with Crippen LogP contribution in [0.3, 0.4) is 0 Å². The van der Waals surface area contributed by atoms with Gasteiger partial charge in [0.15, 0.2) is 0 Å². The molecule has 2 N–H and O–H groups in total. The van der Waals surface area contributed by atoms with Crippen LogP contribution < -0.4 is 5.32 Å². The van der Waals surface area contributed by atoms with E-state index in [1.54, 1.807) is 12.4 Å². The van der Waals surface area contributed by atoms with Gasteiger partial charge in [-0.05, 0) is 18.1 Å². The van der Waals surface area contributed by atoms with Crippen LogP contribution in [0, 0.1) is 0 Å². The molecular weight excluding hydrogens is 260 g/mol. The maximum Gasteiger partial charge on any atom is 0.220 e. The van der Waals surface area contributed by atoms with Gasteiger partial charge in [-0.2, -0.15) is 0 Å². The van der Waals surface area contributed by atoms with E-state index in [2.05, 4.69) is 10.3 Å². The molecule has 20 heavy (non-hydrogen) atoms. The minimum Gasteiger partial charge on any atom is -0.388 e. The zero-order chi connectivity index (χ0) is 13.9. The van der Waals surface area contributed by atoms with Gasteiger partial charge < -0.3 is 19.9 Å². The molecule has 3 rings (SSSR count). The molecule has 0 unspecified atom stereocenters. The van der Waals surface area contributed by atoms with E-state index in [1.807, 2.05) is 12.1 Å². The molecule has 1 aromatic heterocycles. The van der Waals surface area contributed by atoms with Crippen LogP contribution in [0.15, 0.2) is 24.5 Å². The molecule has 0 saturated carbocycles. The number of rotatable bonds is 4. The van der Waals surface area contributed by atoms with Crippen molar-refractivity contribution in [2.75, 3.05) is 13.2 Å². The number of hydrogen-bond donors (Lipinski definition) is 2. The van der Waals surface area contributed by atoms with Crippen LogP contribution in [0.25, 0.3) is 0 Å². The third-order valence-corrected chi connectivity index (χ3v) is 3.74. The van der Waals surface area contributed by atoms with Crippen molar-refractivity contribution in [3.63, 3.8) is 0 Å². The predicted octanol–water partition coefficient (Wildman–Crippen LogP) is -0.343. The summed E-state index contributed by atoms with van der Waals surface area (Å²) in [5, 5.41) is 12.6. The van der Waals surface area contributed by atoms with Gasteiger partial charge in [0.25, 0.3) is 0 Å². The first kappa shape index (κ1) is 13.5.